The van der Waals surface area contributed by atoms with Crippen LogP contribution in [0.3, 0.4) is 0 Å². The number of aryl methyl sites for hydroxylation is 1. The van der Waals surface area contributed by atoms with E-state index in [0.717, 1.165) is 18.7 Å². The number of hydrogen-bond acceptors (Lipinski definition) is 3. The van der Waals surface area contributed by atoms with Crippen LogP contribution >= 0.6 is 0 Å². The molecule has 0 atom stereocenters. The minimum absolute atomic E-state index is 0.0380. The van der Waals surface area contributed by atoms with Gasteiger partial charge in [-0.2, -0.15) is 0 Å². The first-order valence-corrected chi connectivity index (χ1v) is 7.14. The summed E-state index contributed by atoms with van der Waals surface area (Å²) >= 11 is 0. The highest BCUT2D eigenvalue weighted by molar-refractivity contribution is 5.82. The summed E-state index contributed by atoms with van der Waals surface area (Å²) in [5.74, 6) is 0.0380. The molecule has 0 aromatic heterocycles. The molecule has 0 aliphatic rings. The van der Waals surface area contributed by atoms with E-state index in [4.69, 9.17) is 5.73 Å². The van der Waals surface area contributed by atoms with E-state index in [0.29, 0.717) is 13.1 Å². The molecule has 1 aromatic rings. The molecule has 0 unspecified atom stereocenters. The molecular formula is C16H27N3O. The molecule has 4 nitrogen and oxygen atoms in total. The van der Waals surface area contributed by atoms with Gasteiger partial charge in [0.15, 0.2) is 0 Å². The molecule has 0 spiro atoms. The van der Waals surface area contributed by atoms with Gasteiger partial charge < -0.3 is 16.0 Å². The number of anilines is 1. The number of nitrogens with zero attached hydrogens (tertiary/aromatic N) is 1. The average Bonchev–Trinajstić information content (AvgIpc) is 2.32. The van der Waals surface area contributed by atoms with Crippen molar-refractivity contribution in [1.29, 1.82) is 0 Å². The third kappa shape index (κ3) is 6.06. The van der Waals surface area contributed by atoms with Crippen LogP contribution in [0.5, 0.6) is 0 Å². The van der Waals surface area contributed by atoms with Crippen molar-refractivity contribution in [3.05, 3.63) is 29.8 Å². The predicted octanol–water partition coefficient (Wildman–Crippen LogP) is 2.06. The van der Waals surface area contributed by atoms with Gasteiger partial charge in [0.1, 0.15) is 0 Å². The van der Waals surface area contributed by atoms with Crippen LogP contribution in [-0.2, 0) is 4.79 Å². The Morgan fingerprint density at radius 1 is 1.35 bits per heavy atom. The molecular weight excluding hydrogens is 250 g/mol. The third-order valence-electron chi connectivity index (χ3n) is 2.85. The number of nitrogens with one attached hydrogen (secondary N) is 1. The second kappa shape index (κ2) is 7.29. The van der Waals surface area contributed by atoms with E-state index in [9.17, 15) is 4.79 Å². The van der Waals surface area contributed by atoms with Gasteiger partial charge in [-0.1, -0.05) is 12.1 Å². The molecule has 1 aromatic carbocycles. The fourth-order valence-electron chi connectivity index (χ4n) is 2.04. The summed E-state index contributed by atoms with van der Waals surface area (Å²) in [5.41, 5.74) is 7.65. The molecule has 0 saturated heterocycles. The summed E-state index contributed by atoms with van der Waals surface area (Å²) in [4.78, 5) is 14.2. The summed E-state index contributed by atoms with van der Waals surface area (Å²) in [6.45, 7) is 9.80. The molecule has 1 amide bonds. The smallest absolute Gasteiger partial charge is 0.239 e. The van der Waals surface area contributed by atoms with Crippen LogP contribution < -0.4 is 16.0 Å². The summed E-state index contributed by atoms with van der Waals surface area (Å²) in [7, 11) is 0. The van der Waals surface area contributed by atoms with Crippen LogP contribution in [0.4, 0.5) is 5.69 Å². The number of hydrogen-bond donors (Lipinski definition) is 2. The van der Waals surface area contributed by atoms with E-state index in [2.05, 4.69) is 29.3 Å². The maximum Gasteiger partial charge on any atom is 0.239 e. The molecule has 0 radical (unpaired) electrons. The maximum absolute atomic E-state index is 12.1. The van der Waals surface area contributed by atoms with Gasteiger partial charge in [0.2, 0.25) is 5.91 Å². The quantitative estimate of drug-likeness (QED) is 0.837. The standard InChI is InChI=1S/C16H27N3O/c1-13-7-5-8-14(11-13)19(10-6-9-17)12-15(20)18-16(2,3)4/h5,7-8,11H,6,9-10,12,17H2,1-4H3,(H,18,20). The van der Waals surface area contributed by atoms with E-state index < -0.39 is 0 Å². The highest BCUT2D eigenvalue weighted by Crippen LogP contribution is 2.16. The zero-order chi connectivity index (χ0) is 15.2. The number of benzene rings is 1. The summed E-state index contributed by atoms with van der Waals surface area (Å²) in [6.07, 6.45) is 0.872. The fraction of sp³-hybridized carbons (Fsp3) is 0.562. The van der Waals surface area contributed by atoms with Crippen molar-refractivity contribution in [3.8, 4) is 0 Å². The zero-order valence-corrected chi connectivity index (χ0v) is 13.1. The Bertz CT molecular complexity index is 438. The maximum atomic E-state index is 12.1. The van der Waals surface area contributed by atoms with Crippen molar-refractivity contribution < 1.29 is 4.79 Å². The summed E-state index contributed by atoms with van der Waals surface area (Å²) < 4.78 is 0. The SMILES string of the molecule is Cc1cccc(N(CCCN)CC(=O)NC(C)(C)C)c1. The Labute approximate surface area is 122 Å². The Hall–Kier alpha value is -1.55. The van der Waals surface area contributed by atoms with Gasteiger partial charge in [-0.15, -0.1) is 0 Å². The number of carbonyl (C=O) groups excluding carboxylic acids is 1. The molecule has 0 aliphatic carbocycles. The Balaban J connectivity index is 2.77. The van der Waals surface area contributed by atoms with Crippen LogP contribution in [-0.4, -0.2) is 31.1 Å². The summed E-state index contributed by atoms with van der Waals surface area (Å²) in [5, 5.41) is 3.00. The van der Waals surface area contributed by atoms with Gasteiger partial charge in [-0.25, -0.2) is 0 Å². The van der Waals surface area contributed by atoms with Gasteiger partial charge in [-0.05, 0) is 58.4 Å². The van der Waals surface area contributed by atoms with Crippen LogP contribution in [0.15, 0.2) is 24.3 Å². The van der Waals surface area contributed by atoms with Gasteiger partial charge in [-0.3, -0.25) is 4.79 Å². The highest BCUT2D eigenvalue weighted by atomic mass is 16.2. The topological polar surface area (TPSA) is 58.4 Å². The van der Waals surface area contributed by atoms with E-state index >= 15 is 0 Å². The van der Waals surface area contributed by atoms with Gasteiger partial charge >= 0.3 is 0 Å². The molecule has 0 fully saturated rings. The Morgan fingerprint density at radius 3 is 2.60 bits per heavy atom. The lowest BCUT2D eigenvalue weighted by molar-refractivity contribution is -0.121. The molecule has 0 heterocycles. The van der Waals surface area contributed by atoms with Gasteiger partial charge in [0.05, 0.1) is 6.54 Å². The minimum Gasteiger partial charge on any atom is -0.362 e. The van der Waals surface area contributed by atoms with Crippen molar-refractivity contribution in [3.63, 3.8) is 0 Å². The van der Waals surface area contributed by atoms with Crippen LogP contribution in [0.2, 0.25) is 0 Å². The largest absolute Gasteiger partial charge is 0.362 e. The van der Waals surface area contributed by atoms with E-state index in [1.165, 1.54) is 5.56 Å². The molecule has 112 valence electrons. The van der Waals surface area contributed by atoms with Gasteiger partial charge in [0.25, 0.3) is 0 Å². The van der Waals surface area contributed by atoms with Gasteiger partial charge in [0, 0.05) is 17.8 Å². The zero-order valence-electron chi connectivity index (χ0n) is 13.1. The Morgan fingerprint density at radius 2 is 2.05 bits per heavy atom. The fourth-order valence-corrected chi connectivity index (χ4v) is 2.04. The Kier molecular flexibility index (Phi) is 6.02. The number of carbonyl (C=O) groups is 1. The average molecular weight is 277 g/mol. The van der Waals surface area contributed by atoms with E-state index in [-0.39, 0.29) is 11.4 Å². The number of rotatable bonds is 6. The monoisotopic (exact) mass is 277 g/mol. The second-order valence-corrected chi connectivity index (χ2v) is 6.20. The normalized spacial score (nSPS) is 11.2. The molecule has 0 aliphatic heterocycles. The van der Waals surface area contributed by atoms with E-state index in [1.807, 2.05) is 32.9 Å². The molecule has 3 N–H and O–H groups in total. The van der Waals surface area contributed by atoms with Crippen molar-refractivity contribution in [1.82, 2.24) is 5.32 Å². The third-order valence-corrected chi connectivity index (χ3v) is 2.85. The second-order valence-electron chi connectivity index (χ2n) is 6.20. The lowest BCUT2D eigenvalue weighted by atomic mass is 10.1. The van der Waals surface area contributed by atoms with Crippen LogP contribution in [0, 0.1) is 6.92 Å². The highest BCUT2D eigenvalue weighted by Gasteiger charge is 2.17. The van der Waals surface area contributed by atoms with Crippen molar-refractivity contribution in [2.75, 3.05) is 24.5 Å². The van der Waals surface area contributed by atoms with Crippen LogP contribution in [0.25, 0.3) is 0 Å². The molecule has 0 saturated carbocycles. The first-order chi connectivity index (χ1) is 9.31. The lowest BCUT2D eigenvalue weighted by Gasteiger charge is -2.27. The first-order valence-electron chi connectivity index (χ1n) is 7.14. The van der Waals surface area contributed by atoms with E-state index in [1.54, 1.807) is 0 Å². The lowest BCUT2D eigenvalue weighted by Crippen LogP contribution is -2.46. The van der Waals surface area contributed by atoms with Crippen molar-refractivity contribution in [2.24, 2.45) is 5.73 Å². The number of amides is 1. The minimum atomic E-state index is -0.205. The van der Waals surface area contributed by atoms with Crippen molar-refractivity contribution >= 4 is 11.6 Å². The molecule has 20 heavy (non-hydrogen) atoms. The van der Waals surface area contributed by atoms with Crippen molar-refractivity contribution in [2.45, 2.75) is 39.7 Å². The molecule has 0 bridgehead atoms. The number of nitrogens with two attached hydrogens (primary N) is 1. The molecule has 4 heteroatoms. The first kappa shape index (κ1) is 16.5. The summed E-state index contributed by atoms with van der Waals surface area (Å²) in [6, 6.07) is 8.20. The predicted molar refractivity (Wildman–Crippen MR) is 85.0 cm³/mol. The van der Waals surface area contributed by atoms with Crippen LogP contribution in [0.1, 0.15) is 32.8 Å². The molecule has 1 rings (SSSR count).